The molecular weight excluding hydrogens is 370 g/mol. The fraction of sp³-hybridized carbons (Fsp3) is 0.652. The number of hydrogen-bond acceptors (Lipinski definition) is 1. The number of rotatable bonds is 6. The summed E-state index contributed by atoms with van der Waals surface area (Å²) < 4.78 is 1.17. The fourth-order valence-electron chi connectivity index (χ4n) is 4.68. The number of halogens is 1. The second-order valence-corrected chi connectivity index (χ2v) is 9.06. The normalized spacial score (nSPS) is 23.0. The zero-order valence-corrected chi connectivity index (χ0v) is 17.4. The maximum absolute atomic E-state index is 3.60. The van der Waals surface area contributed by atoms with Crippen molar-refractivity contribution >= 4 is 21.5 Å². The van der Waals surface area contributed by atoms with Crippen LogP contribution in [0.5, 0.6) is 0 Å². The van der Waals surface area contributed by atoms with Gasteiger partial charge in [-0.25, -0.2) is 0 Å². The smallest absolute Gasteiger partial charge is 0.0284 e. The molecule has 1 aromatic carbocycles. The predicted molar refractivity (Wildman–Crippen MR) is 113 cm³/mol. The Morgan fingerprint density at radius 1 is 1.08 bits per heavy atom. The van der Waals surface area contributed by atoms with E-state index in [9.17, 15) is 0 Å². The van der Waals surface area contributed by atoms with Crippen LogP contribution in [-0.2, 0) is 0 Å². The highest BCUT2D eigenvalue weighted by Crippen LogP contribution is 2.30. The summed E-state index contributed by atoms with van der Waals surface area (Å²) in [4.78, 5) is 2.65. The zero-order chi connectivity index (χ0) is 17.5. The maximum atomic E-state index is 3.60. The van der Waals surface area contributed by atoms with E-state index in [1.165, 1.54) is 92.8 Å². The van der Waals surface area contributed by atoms with Crippen molar-refractivity contribution in [3.8, 4) is 0 Å². The lowest BCUT2D eigenvalue weighted by molar-refractivity contribution is 0.194. The average Bonchev–Trinajstić information content (AvgIpc) is 2.64. The Labute approximate surface area is 163 Å². The zero-order valence-electron chi connectivity index (χ0n) is 15.9. The molecule has 1 aliphatic carbocycles. The van der Waals surface area contributed by atoms with Crippen molar-refractivity contribution in [3.05, 3.63) is 40.5 Å². The van der Waals surface area contributed by atoms with E-state index in [0.717, 1.165) is 12.0 Å². The number of nitrogens with zero attached hydrogens (tertiary/aromatic N) is 1. The molecule has 1 aliphatic heterocycles. The van der Waals surface area contributed by atoms with E-state index in [0.29, 0.717) is 0 Å². The molecular formula is C23H34BrN. The molecule has 1 saturated heterocycles. The standard InChI is InChI=1S/C23H34BrN/c1-19(21-12-8-13-22(24)17-21)18-25-16-6-5-14-23(25)15-7-11-20-9-3-2-4-10-20/h8,12-13,17-18,20,23H,2-7,9-11,14-16H2,1H3. The lowest BCUT2D eigenvalue weighted by atomic mass is 9.85. The van der Waals surface area contributed by atoms with Crippen LogP contribution in [0.15, 0.2) is 34.9 Å². The minimum absolute atomic E-state index is 0.763. The fourth-order valence-corrected chi connectivity index (χ4v) is 5.08. The molecule has 1 saturated carbocycles. The molecule has 1 nitrogen and oxygen atoms in total. The van der Waals surface area contributed by atoms with Crippen LogP contribution in [0, 0.1) is 5.92 Å². The lowest BCUT2D eigenvalue weighted by Crippen LogP contribution is -2.35. The molecule has 2 heteroatoms. The van der Waals surface area contributed by atoms with Crippen molar-refractivity contribution in [3.63, 3.8) is 0 Å². The minimum atomic E-state index is 0.763. The van der Waals surface area contributed by atoms with E-state index >= 15 is 0 Å². The Balaban J connectivity index is 1.55. The van der Waals surface area contributed by atoms with E-state index in [4.69, 9.17) is 0 Å². The van der Waals surface area contributed by atoms with Crippen LogP contribution < -0.4 is 0 Å². The molecule has 25 heavy (non-hydrogen) atoms. The summed E-state index contributed by atoms with van der Waals surface area (Å²) in [5.74, 6) is 1.03. The van der Waals surface area contributed by atoms with Crippen LogP contribution in [-0.4, -0.2) is 17.5 Å². The predicted octanol–water partition coefficient (Wildman–Crippen LogP) is 7.42. The maximum Gasteiger partial charge on any atom is 0.0284 e. The van der Waals surface area contributed by atoms with Crippen LogP contribution in [0.3, 0.4) is 0 Å². The van der Waals surface area contributed by atoms with Gasteiger partial charge in [0.05, 0.1) is 0 Å². The summed E-state index contributed by atoms with van der Waals surface area (Å²) in [6.07, 6.45) is 18.3. The van der Waals surface area contributed by atoms with Crippen LogP contribution in [0.25, 0.3) is 5.57 Å². The molecule has 0 spiro atoms. The molecule has 0 N–H and O–H groups in total. The van der Waals surface area contributed by atoms with Gasteiger partial charge in [-0.15, -0.1) is 0 Å². The first-order chi connectivity index (χ1) is 12.2. The van der Waals surface area contributed by atoms with Gasteiger partial charge < -0.3 is 4.90 Å². The molecule has 1 atom stereocenters. The van der Waals surface area contributed by atoms with E-state index in [2.05, 4.69) is 58.2 Å². The van der Waals surface area contributed by atoms with Crippen LogP contribution in [0.2, 0.25) is 0 Å². The first-order valence-corrected chi connectivity index (χ1v) is 11.2. The van der Waals surface area contributed by atoms with E-state index in [1.807, 2.05) is 0 Å². The second kappa shape index (κ2) is 9.80. The van der Waals surface area contributed by atoms with Gasteiger partial charge in [-0.05, 0) is 61.8 Å². The number of hydrogen-bond donors (Lipinski definition) is 0. The summed E-state index contributed by atoms with van der Waals surface area (Å²) >= 11 is 3.60. The molecule has 2 fully saturated rings. The first kappa shape index (κ1) is 19.0. The second-order valence-electron chi connectivity index (χ2n) is 8.14. The van der Waals surface area contributed by atoms with Gasteiger partial charge >= 0.3 is 0 Å². The SMILES string of the molecule is CC(=CN1CCCCC1CCCC1CCCCC1)c1cccc(Br)c1. The quantitative estimate of drug-likeness (QED) is 0.477. The Morgan fingerprint density at radius 3 is 2.68 bits per heavy atom. The first-order valence-electron chi connectivity index (χ1n) is 10.4. The highest BCUT2D eigenvalue weighted by molar-refractivity contribution is 9.10. The van der Waals surface area contributed by atoms with Crippen LogP contribution >= 0.6 is 15.9 Å². The monoisotopic (exact) mass is 403 g/mol. The highest BCUT2D eigenvalue weighted by Gasteiger charge is 2.21. The molecule has 0 radical (unpaired) electrons. The summed E-state index contributed by atoms with van der Waals surface area (Å²) in [5.41, 5.74) is 2.72. The van der Waals surface area contributed by atoms with Gasteiger partial charge in [0.25, 0.3) is 0 Å². The highest BCUT2D eigenvalue weighted by atomic mass is 79.9. The third-order valence-electron chi connectivity index (χ3n) is 6.19. The number of allylic oxidation sites excluding steroid dienone is 1. The molecule has 1 aromatic rings. The number of likely N-dealkylation sites (tertiary alicyclic amines) is 1. The molecule has 1 heterocycles. The largest absolute Gasteiger partial charge is 0.374 e. The van der Waals surface area contributed by atoms with Gasteiger partial charge in [0.2, 0.25) is 0 Å². The van der Waals surface area contributed by atoms with Crippen molar-refractivity contribution in [1.82, 2.24) is 4.90 Å². The number of piperidine rings is 1. The molecule has 2 aliphatic rings. The molecule has 0 amide bonds. The van der Waals surface area contributed by atoms with Crippen molar-refractivity contribution in [2.45, 2.75) is 83.6 Å². The summed E-state index contributed by atoms with van der Waals surface area (Å²) in [6.45, 7) is 3.49. The lowest BCUT2D eigenvalue weighted by Gasteiger charge is -2.36. The van der Waals surface area contributed by atoms with E-state index in [1.54, 1.807) is 0 Å². The third-order valence-corrected chi connectivity index (χ3v) is 6.68. The van der Waals surface area contributed by atoms with Crippen LogP contribution in [0.4, 0.5) is 0 Å². The van der Waals surface area contributed by atoms with Crippen molar-refractivity contribution < 1.29 is 0 Å². The Bertz CT molecular complexity index is 559. The van der Waals surface area contributed by atoms with Crippen LogP contribution in [0.1, 0.15) is 83.1 Å². The van der Waals surface area contributed by atoms with Gasteiger partial charge in [0, 0.05) is 23.3 Å². The van der Waals surface area contributed by atoms with Crippen molar-refractivity contribution in [2.24, 2.45) is 5.92 Å². The molecule has 1 unspecified atom stereocenters. The Morgan fingerprint density at radius 2 is 1.88 bits per heavy atom. The van der Waals surface area contributed by atoms with E-state index < -0.39 is 0 Å². The van der Waals surface area contributed by atoms with Gasteiger partial charge in [-0.3, -0.25) is 0 Å². The van der Waals surface area contributed by atoms with Gasteiger partial charge in [0.15, 0.2) is 0 Å². The van der Waals surface area contributed by atoms with Gasteiger partial charge in [-0.1, -0.05) is 73.0 Å². The molecule has 3 rings (SSSR count). The van der Waals surface area contributed by atoms with Crippen molar-refractivity contribution in [2.75, 3.05) is 6.54 Å². The third kappa shape index (κ3) is 5.88. The van der Waals surface area contributed by atoms with Gasteiger partial charge in [0.1, 0.15) is 0 Å². The summed E-state index contributed by atoms with van der Waals surface area (Å²) in [5, 5.41) is 0. The van der Waals surface area contributed by atoms with Crippen molar-refractivity contribution in [1.29, 1.82) is 0 Å². The topological polar surface area (TPSA) is 3.24 Å². The van der Waals surface area contributed by atoms with Gasteiger partial charge in [-0.2, -0.15) is 0 Å². The molecule has 138 valence electrons. The summed E-state index contributed by atoms with van der Waals surface area (Å²) in [7, 11) is 0. The average molecular weight is 404 g/mol. The number of benzene rings is 1. The minimum Gasteiger partial charge on any atom is -0.374 e. The Kier molecular flexibility index (Phi) is 7.46. The Hall–Kier alpha value is -0.760. The van der Waals surface area contributed by atoms with E-state index in [-0.39, 0.29) is 0 Å². The molecule has 0 bridgehead atoms. The molecule has 0 aromatic heterocycles. The summed E-state index contributed by atoms with van der Waals surface area (Å²) in [6, 6.07) is 9.45.